The van der Waals surface area contributed by atoms with E-state index in [-0.39, 0.29) is 5.82 Å². The first-order valence-electron chi connectivity index (χ1n) is 3.33. The molecule has 0 aliphatic heterocycles. The van der Waals surface area contributed by atoms with Crippen LogP contribution in [0.3, 0.4) is 0 Å². The highest BCUT2D eigenvalue weighted by molar-refractivity contribution is 9.10. The minimum Gasteiger partial charge on any atom is -0.497 e. The monoisotopic (exact) mass is 246 g/mol. The number of hydrogen-bond donors (Lipinski definition) is 2. The van der Waals surface area contributed by atoms with Crippen molar-refractivity contribution in [1.29, 1.82) is 0 Å². The molecule has 1 heterocycles. The van der Waals surface area contributed by atoms with Crippen LogP contribution in [0.1, 0.15) is 0 Å². The maximum atomic E-state index is 10.3. The number of aromatic nitrogens is 1. The Kier molecular flexibility index (Phi) is 3.07. The zero-order valence-corrected chi connectivity index (χ0v) is 8.33. The third-order valence-electron chi connectivity index (χ3n) is 1.24. The molecule has 0 bridgehead atoms. The molecular weight excluding hydrogens is 240 g/mol. The number of carboxylic acid groups (broad SMARTS) is 1. The predicted molar refractivity (Wildman–Crippen MR) is 50.1 cm³/mol. The lowest BCUT2D eigenvalue weighted by Gasteiger charge is -2.03. The summed E-state index contributed by atoms with van der Waals surface area (Å²) in [5.41, 5.74) is 0. The first kappa shape index (κ1) is 9.79. The van der Waals surface area contributed by atoms with Gasteiger partial charge in [-0.25, -0.2) is 9.78 Å². The van der Waals surface area contributed by atoms with Crippen molar-refractivity contribution >= 4 is 27.8 Å². The zero-order chi connectivity index (χ0) is 9.84. The fraction of sp³-hybridized carbons (Fsp3) is 0.143. The fourth-order valence-electron chi connectivity index (χ4n) is 0.765. The normalized spacial score (nSPS) is 9.38. The molecule has 0 radical (unpaired) electrons. The van der Waals surface area contributed by atoms with E-state index in [9.17, 15) is 4.79 Å². The van der Waals surface area contributed by atoms with E-state index >= 15 is 0 Å². The number of ether oxygens (including phenoxy) is 1. The summed E-state index contributed by atoms with van der Waals surface area (Å²) in [5.74, 6) is 0.754. The highest BCUT2D eigenvalue weighted by Gasteiger charge is 2.03. The Morgan fingerprint density at radius 2 is 2.38 bits per heavy atom. The van der Waals surface area contributed by atoms with Gasteiger partial charge in [0.05, 0.1) is 7.11 Å². The van der Waals surface area contributed by atoms with Gasteiger partial charge in [0.1, 0.15) is 16.2 Å². The van der Waals surface area contributed by atoms with Gasteiger partial charge in [-0.1, -0.05) is 0 Å². The molecule has 6 heteroatoms. The van der Waals surface area contributed by atoms with Crippen molar-refractivity contribution in [2.24, 2.45) is 0 Å². The molecule has 0 saturated heterocycles. The molecule has 1 aromatic rings. The van der Waals surface area contributed by atoms with Crippen LogP contribution in [0.2, 0.25) is 0 Å². The second kappa shape index (κ2) is 4.08. The lowest BCUT2D eigenvalue weighted by molar-refractivity contribution is 0.209. The molecule has 0 aliphatic rings. The number of amides is 1. The van der Waals surface area contributed by atoms with Crippen LogP contribution in [0, 0.1) is 0 Å². The van der Waals surface area contributed by atoms with E-state index in [0.29, 0.717) is 10.4 Å². The van der Waals surface area contributed by atoms with Gasteiger partial charge in [-0.05, 0) is 15.9 Å². The first-order chi connectivity index (χ1) is 6.11. The summed E-state index contributed by atoms with van der Waals surface area (Å²) < 4.78 is 5.42. The van der Waals surface area contributed by atoms with E-state index in [1.54, 1.807) is 6.07 Å². The van der Waals surface area contributed by atoms with Gasteiger partial charge >= 0.3 is 6.09 Å². The minimum absolute atomic E-state index is 0.221. The highest BCUT2D eigenvalue weighted by Crippen LogP contribution is 2.20. The molecule has 0 unspecified atom stereocenters. The Morgan fingerprint density at radius 1 is 1.69 bits per heavy atom. The maximum absolute atomic E-state index is 10.3. The second-order valence-electron chi connectivity index (χ2n) is 2.15. The molecule has 1 aromatic heterocycles. The summed E-state index contributed by atoms with van der Waals surface area (Å²) in [6.07, 6.45) is -1.16. The number of pyridine rings is 1. The summed E-state index contributed by atoms with van der Waals surface area (Å²) in [5, 5.41) is 10.5. The van der Waals surface area contributed by atoms with Crippen LogP contribution in [0.4, 0.5) is 10.6 Å². The Morgan fingerprint density at radius 3 is 2.92 bits per heavy atom. The van der Waals surface area contributed by atoms with Gasteiger partial charge in [0, 0.05) is 12.1 Å². The molecule has 1 amide bonds. The summed E-state index contributed by atoms with van der Waals surface area (Å²) >= 11 is 3.12. The lowest BCUT2D eigenvalue weighted by Crippen LogP contribution is -2.08. The largest absolute Gasteiger partial charge is 0.497 e. The third-order valence-corrected chi connectivity index (χ3v) is 1.64. The molecule has 0 spiro atoms. The van der Waals surface area contributed by atoms with E-state index < -0.39 is 6.09 Å². The standard InChI is InChI=1S/C7H7BrN2O3/c1-13-4-2-5(8)9-6(3-4)10-7(11)12/h2-3H,1H3,(H,9,10)(H,11,12). The van der Waals surface area contributed by atoms with E-state index in [0.717, 1.165) is 0 Å². The average molecular weight is 247 g/mol. The molecule has 2 N–H and O–H groups in total. The van der Waals surface area contributed by atoms with Crippen molar-refractivity contribution < 1.29 is 14.6 Å². The first-order valence-corrected chi connectivity index (χ1v) is 4.12. The van der Waals surface area contributed by atoms with Crippen LogP contribution >= 0.6 is 15.9 Å². The molecule has 1 rings (SSSR count). The highest BCUT2D eigenvalue weighted by atomic mass is 79.9. The van der Waals surface area contributed by atoms with Crippen molar-refractivity contribution in [3.8, 4) is 5.75 Å². The van der Waals surface area contributed by atoms with E-state index in [1.807, 2.05) is 0 Å². The summed E-state index contributed by atoms with van der Waals surface area (Å²) in [7, 11) is 1.49. The molecule has 0 saturated carbocycles. The molecule has 5 nitrogen and oxygen atoms in total. The molecule has 0 fully saturated rings. The van der Waals surface area contributed by atoms with E-state index in [1.165, 1.54) is 13.2 Å². The Balaban J connectivity index is 2.94. The Hall–Kier alpha value is -1.30. The number of nitrogens with one attached hydrogen (secondary N) is 1. The van der Waals surface area contributed by atoms with Crippen LogP contribution in [0.5, 0.6) is 5.75 Å². The van der Waals surface area contributed by atoms with Gasteiger partial charge in [0.25, 0.3) is 0 Å². The van der Waals surface area contributed by atoms with Crippen LogP contribution in [0.15, 0.2) is 16.7 Å². The van der Waals surface area contributed by atoms with Crippen LogP contribution in [-0.2, 0) is 0 Å². The van der Waals surface area contributed by atoms with Gasteiger partial charge in [-0.3, -0.25) is 5.32 Å². The molecule has 0 atom stereocenters. The van der Waals surface area contributed by atoms with Gasteiger partial charge < -0.3 is 9.84 Å². The van der Waals surface area contributed by atoms with Crippen molar-refractivity contribution in [2.45, 2.75) is 0 Å². The Labute approximate surface area is 82.9 Å². The molecule has 13 heavy (non-hydrogen) atoms. The summed E-state index contributed by atoms with van der Waals surface area (Å²) in [6, 6.07) is 3.12. The second-order valence-corrected chi connectivity index (χ2v) is 2.96. The van der Waals surface area contributed by atoms with Crippen LogP contribution in [0.25, 0.3) is 0 Å². The van der Waals surface area contributed by atoms with Crippen molar-refractivity contribution in [3.63, 3.8) is 0 Å². The molecule has 0 aliphatic carbocycles. The minimum atomic E-state index is -1.16. The van der Waals surface area contributed by atoms with Crippen molar-refractivity contribution in [3.05, 3.63) is 16.7 Å². The predicted octanol–water partition coefficient (Wildman–Crippen LogP) is 1.94. The number of methoxy groups -OCH3 is 1. The number of carbonyl (C=O) groups is 1. The molecular formula is C7H7BrN2O3. The summed E-state index contributed by atoms with van der Waals surface area (Å²) in [4.78, 5) is 14.1. The van der Waals surface area contributed by atoms with Gasteiger partial charge in [-0.15, -0.1) is 0 Å². The van der Waals surface area contributed by atoms with Crippen LogP contribution < -0.4 is 10.1 Å². The van der Waals surface area contributed by atoms with Gasteiger partial charge in [0.15, 0.2) is 0 Å². The number of rotatable bonds is 2. The maximum Gasteiger partial charge on any atom is 0.410 e. The smallest absolute Gasteiger partial charge is 0.410 e. The zero-order valence-electron chi connectivity index (χ0n) is 6.74. The average Bonchev–Trinajstić information content (AvgIpc) is 2.01. The summed E-state index contributed by atoms with van der Waals surface area (Å²) in [6.45, 7) is 0. The topological polar surface area (TPSA) is 71.5 Å². The number of hydrogen-bond acceptors (Lipinski definition) is 3. The van der Waals surface area contributed by atoms with E-state index in [4.69, 9.17) is 9.84 Å². The molecule has 70 valence electrons. The number of nitrogens with zero attached hydrogens (tertiary/aromatic N) is 1. The quantitative estimate of drug-likeness (QED) is 0.783. The molecule has 0 aromatic carbocycles. The third kappa shape index (κ3) is 2.90. The van der Waals surface area contributed by atoms with Gasteiger partial charge in [0.2, 0.25) is 0 Å². The number of halogens is 1. The Bertz CT molecular complexity index is 330. The lowest BCUT2D eigenvalue weighted by atomic mass is 10.4. The van der Waals surface area contributed by atoms with Crippen molar-refractivity contribution in [2.75, 3.05) is 12.4 Å². The fourth-order valence-corrected chi connectivity index (χ4v) is 1.18. The SMILES string of the molecule is COc1cc(Br)nc(NC(=O)O)c1. The van der Waals surface area contributed by atoms with Crippen molar-refractivity contribution in [1.82, 2.24) is 4.98 Å². The van der Waals surface area contributed by atoms with Gasteiger partial charge in [-0.2, -0.15) is 0 Å². The van der Waals surface area contributed by atoms with Crippen LogP contribution in [-0.4, -0.2) is 23.3 Å². The van der Waals surface area contributed by atoms with E-state index in [2.05, 4.69) is 26.2 Å². The number of anilines is 1.